The van der Waals surface area contributed by atoms with Crippen molar-refractivity contribution >= 4 is 15.9 Å². The van der Waals surface area contributed by atoms with Crippen molar-refractivity contribution in [3.63, 3.8) is 0 Å². The summed E-state index contributed by atoms with van der Waals surface area (Å²) in [6.07, 6.45) is 7.89. The third-order valence-electron chi connectivity index (χ3n) is 5.44. The maximum atomic E-state index is 5.89. The minimum Gasteiger partial charge on any atom is -0.496 e. The van der Waals surface area contributed by atoms with Crippen molar-refractivity contribution in [1.82, 2.24) is 0 Å². The topological polar surface area (TPSA) is 9.23 Å². The lowest BCUT2D eigenvalue weighted by molar-refractivity contribution is 0.271. The van der Waals surface area contributed by atoms with Gasteiger partial charge in [0.05, 0.1) is 7.11 Å². The molecule has 0 unspecified atom stereocenters. The normalized spacial score (nSPS) is 18.3. The van der Waals surface area contributed by atoms with Crippen LogP contribution in [0.3, 0.4) is 0 Å². The Morgan fingerprint density at radius 3 is 2.23 bits per heavy atom. The van der Waals surface area contributed by atoms with Crippen LogP contribution in [0, 0.1) is 0 Å². The second-order valence-electron chi connectivity index (χ2n) is 7.79. The van der Waals surface area contributed by atoms with Gasteiger partial charge in [0.15, 0.2) is 0 Å². The zero-order valence-corrected chi connectivity index (χ0v) is 16.5. The Morgan fingerprint density at radius 2 is 1.77 bits per heavy atom. The monoisotopic (exact) mass is 366 g/mol. The minimum atomic E-state index is 0.168. The van der Waals surface area contributed by atoms with Gasteiger partial charge in [-0.05, 0) is 35.7 Å². The summed E-state index contributed by atoms with van der Waals surface area (Å²) in [6.45, 7) is 9.25. The molecule has 1 nitrogen and oxygen atoms in total. The number of halogens is 1. The van der Waals surface area contributed by atoms with Crippen LogP contribution in [-0.2, 0) is 16.2 Å². The van der Waals surface area contributed by atoms with Crippen molar-refractivity contribution in [3.05, 3.63) is 28.8 Å². The molecular formula is C20H31BrO. The quantitative estimate of drug-likeness (QED) is 0.552. The van der Waals surface area contributed by atoms with E-state index in [-0.39, 0.29) is 5.41 Å². The van der Waals surface area contributed by atoms with E-state index < -0.39 is 0 Å². The smallest absolute Gasteiger partial charge is 0.126 e. The number of methoxy groups -OCH3 is 1. The summed E-state index contributed by atoms with van der Waals surface area (Å²) in [7, 11) is 1.83. The van der Waals surface area contributed by atoms with Crippen LogP contribution in [-0.4, -0.2) is 7.11 Å². The average Bonchev–Trinajstić information content (AvgIpc) is 2.53. The van der Waals surface area contributed by atoms with Crippen molar-refractivity contribution in [1.29, 1.82) is 0 Å². The second kappa shape index (κ2) is 6.95. The molecule has 0 amide bonds. The van der Waals surface area contributed by atoms with E-state index in [0.717, 1.165) is 11.1 Å². The van der Waals surface area contributed by atoms with E-state index in [1.54, 1.807) is 0 Å². The first-order valence-corrected chi connectivity index (χ1v) is 9.78. The fraction of sp³-hybridized carbons (Fsp3) is 0.700. The van der Waals surface area contributed by atoms with E-state index in [0.29, 0.717) is 5.41 Å². The Hall–Kier alpha value is -0.500. The maximum Gasteiger partial charge on any atom is 0.126 e. The first kappa shape index (κ1) is 17.8. The molecule has 2 heteroatoms. The van der Waals surface area contributed by atoms with Crippen LogP contribution in [0.15, 0.2) is 12.1 Å². The third-order valence-corrected chi connectivity index (χ3v) is 6.04. The summed E-state index contributed by atoms with van der Waals surface area (Å²) in [4.78, 5) is 0. The second-order valence-corrected chi connectivity index (χ2v) is 8.36. The lowest BCUT2D eigenvalue weighted by Crippen LogP contribution is -2.30. The number of ether oxygens (including phenoxy) is 1. The molecule has 1 aliphatic carbocycles. The number of benzene rings is 1. The SMILES string of the molecule is CCC1(c2cc(C(C)(C)C)cc(CBr)c2OC)CCCCC1. The Labute approximate surface area is 145 Å². The molecule has 1 aromatic rings. The van der Waals surface area contributed by atoms with E-state index in [2.05, 4.69) is 55.8 Å². The van der Waals surface area contributed by atoms with Gasteiger partial charge in [-0.25, -0.2) is 0 Å². The first-order chi connectivity index (χ1) is 10.4. The molecule has 0 bridgehead atoms. The molecule has 1 aromatic carbocycles. The molecule has 0 aromatic heterocycles. The molecule has 0 radical (unpaired) electrons. The summed E-state index contributed by atoms with van der Waals surface area (Å²) in [5, 5.41) is 0.854. The van der Waals surface area contributed by atoms with E-state index in [1.807, 2.05) is 7.11 Å². The Kier molecular flexibility index (Phi) is 5.63. The first-order valence-electron chi connectivity index (χ1n) is 8.66. The van der Waals surface area contributed by atoms with Crippen LogP contribution in [0.4, 0.5) is 0 Å². The van der Waals surface area contributed by atoms with E-state index in [9.17, 15) is 0 Å². The van der Waals surface area contributed by atoms with Gasteiger partial charge in [0.25, 0.3) is 0 Å². The van der Waals surface area contributed by atoms with Crippen molar-refractivity contribution < 1.29 is 4.74 Å². The number of hydrogen-bond donors (Lipinski definition) is 0. The highest BCUT2D eigenvalue weighted by atomic mass is 79.9. The summed E-state index contributed by atoms with van der Waals surface area (Å²) < 4.78 is 5.89. The van der Waals surface area contributed by atoms with E-state index >= 15 is 0 Å². The maximum absolute atomic E-state index is 5.89. The predicted molar refractivity (Wildman–Crippen MR) is 99.4 cm³/mol. The average molecular weight is 367 g/mol. The summed E-state index contributed by atoms with van der Waals surface area (Å²) in [6, 6.07) is 4.77. The summed E-state index contributed by atoms with van der Waals surface area (Å²) in [5.41, 5.74) is 4.65. The number of hydrogen-bond acceptors (Lipinski definition) is 1. The van der Waals surface area contributed by atoms with Gasteiger partial charge in [-0.3, -0.25) is 0 Å². The number of alkyl halides is 1. The zero-order valence-electron chi connectivity index (χ0n) is 14.9. The van der Waals surface area contributed by atoms with Gasteiger partial charge in [0.2, 0.25) is 0 Å². The Balaban J connectivity index is 2.65. The highest BCUT2D eigenvalue weighted by Crippen LogP contribution is 2.48. The fourth-order valence-electron chi connectivity index (χ4n) is 3.90. The Bertz CT molecular complexity index is 507. The highest BCUT2D eigenvalue weighted by molar-refractivity contribution is 9.08. The van der Waals surface area contributed by atoms with Crippen LogP contribution in [0.2, 0.25) is 0 Å². The molecular weight excluding hydrogens is 336 g/mol. The van der Waals surface area contributed by atoms with E-state index in [1.165, 1.54) is 55.2 Å². The van der Waals surface area contributed by atoms with Crippen molar-refractivity contribution in [2.24, 2.45) is 0 Å². The van der Waals surface area contributed by atoms with Gasteiger partial charge in [0, 0.05) is 16.5 Å². The highest BCUT2D eigenvalue weighted by Gasteiger charge is 2.36. The van der Waals surface area contributed by atoms with Crippen LogP contribution in [0.25, 0.3) is 0 Å². The van der Waals surface area contributed by atoms with E-state index in [4.69, 9.17) is 4.74 Å². The molecule has 0 spiro atoms. The molecule has 0 aliphatic heterocycles. The minimum absolute atomic E-state index is 0.168. The zero-order chi connectivity index (χ0) is 16.4. The molecule has 0 heterocycles. The number of rotatable bonds is 4. The molecule has 1 aliphatic rings. The lowest BCUT2D eigenvalue weighted by Gasteiger charge is -2.39. The molecule has 124 valence electrons. The molecule has 0 atom stereocenters. The van der Waals surface area contributed by atoms with Gasteiger partial charge in [-0.2, -0.15) is 0 Å². The lowest BCUT2D eigenvalue weighted by atomic mass is 9.66. The molecule has 1 fully saturated rings. The molecule has 1 saturated carbocycles. The Morgan fingerprint density at radius 1 is 1.14 bits per heavy atom. The van der Waals surface area contributed by atoms with Gasteiger partial charge in [0.1, 0.15) is 5.75 Å². The van der Waals surface area contributed by atoms with Crippen molar-refractivity contribution in [2.45, 2.75) is 82.4 Å². The molecule has 0 saturated heterocycles. The molecule has 22 heavy (non-hydrogen) atoms. The van der Waals surface area contributed by atoms with Crippen molar-refractivity contribution in [3.8, 4) is 5.75 Å². The van der Waals surface area contributed by atoms with Crippen LogP contribution < -0.4 is 4.74 Å². The van der Waals surface area contributed by atoms with Gasteiger partial charge < -0.3 is 4.74 Å². The molecule has 0 N–H and O–H groups in total. The van der Waals surface area contributed by atoms with Crippen LogP contribution >= 0.6 is 15.9 Å². The largest absolute Gasteiger partial charge is 0.496 e. The van der Waals surface area contributed by atoms with Crippen LogP contribution in [0.1, 0.15) is 82.9 Å². The third kappa shape index (κ3) is 3.37. The van der Waals surface area contributed by atoms with Gasteiger partial charge >= 0.3 is 0 Å². The standard InChI is InChI=1S/C20H31BrO/c1-6-20(10-8-7-9-11-20)17-13-16(19(2,3)4)12-15(14-21)18(17)22-5/h12-13H,6-11,14H2,1-5H3. The molecule has 2 rings (SSSR count). The predicted octanol–water partition coefficient (Wildman–Crippen LogP) is 6.50. The van der Waals surface area contributed by atoms with Crippen LogP contribution in [0.5, 0.6) is 5.75 Å². The summed E-state index contributed by atoms with van der Waals surface area (Å²) in [5.74, 6) is 1.12. The van der Waals surface area contributed by atoms with Gasteiger partial charge in [-0.15, -0.1) is 0 Å². The van der Waals surface area contributed by atoms with Gasteiger partial charge in [-0.1, -0.05) is 75.0 Å². The van der Waals surface area contributed by atoms with Crippen molar-refractivity contribution in [2.75, 3.05) is 7.11 Å². The summed E-state index contributed by atoms with van der Waals surface area (Å²) >= 11 is 3.67. The fourth-order valence-corrected chi connectivity index (χ4v) is 4.31.